The summed E-state index contributed by atoms with van der Waals surface area (Å²) in [5, 5.41) is 0. The van der Waals surface area contributed by atoms with Crippen LogP contribution in [0.4, 0.5) is 0 Å². The number of hydrogen-bond acceptors (Lipinski definition) is 2. The van der Waals surface area contributed by atoms with E-state index in [1.54, 1.807) is 6.20 Å². The van der Waals surface area contributed by atoms with Gasteiger partial charge in [0.25, 0.3) is 0 Å². The van der Waals surface area contributed by atoms with Gasteiger partial charge in [-0.1, -0.05) is 19.1 Å². The van der Waals surface area contributed by atoms with Gasteiger partial charge in [0.2, 0.25) is 0 Å². The molecule has 2 aliphatic rings. The first-order valence-corrected chi connectivity index (χ1v) is 8.35. The highest BCUT2D eigenvalue weighted by Gasteiger charge is 2.32. The molecule has 1 aliphatic carbocycles. The van der Waals surface area contributed by atoms with Crippen molar-refractivity contribution in [3.63, 3.8) is 0 Å². The maximum absolute atomic E-state index is 12.4. The maximum Gasteiger partial charge on any atom is 0.340 e. The number of likely N-dealkylation sites (N-methyl/N-ethyl adjacent to an activating group) is 1. The number of H-pyrrole nitrogens is 1. The molecular weight excluding hydrogens is 276 g/mol. The molecule has 120 valence electrons. The molecule has 22 heavy (non-hydrogen) atoms. The molecule has 3 rings (SSSR count). The summed E-state index contributed by atoms with van der Waals surface area (Å²) in [4.78, 5) is 15.7. The number of aromatic amines is 1. The monoisotopic (exact) mass is 303 g/mol. The van der Waals surface area contributed by atoms with Crippen molar-refractivity contribution in [3.8, 4) is 0 Å². The minimum absolute atomic E-state index is 0.192. The number of likely N-dealkylation sites (tertiary alicyclic amines) is 1. The summed E-state index contributed by atoms with van der Waals surface area (Å²) in [6.45, 7) is 3.87. The Hall–Kier alpha value is -1.55. The largest absolute Gasteiger partial charge is 0.456 e. The number of piperidine rings is 1. The van der Waals surface area contributed by atoms with E-state index in [4.69, 9.17) is 4.74 Å². The summed E-state index contributed by atoms with van der Waals surface area (Å²) in [5.41, 5.74) is 2.84. The lowest BCUT2D eigenvalue weighted by Gasteiger charge is -2.41. The number of fused-ring (bicyclic) bond motifs is 1. The summed E-state index contributed by atoms with van der Waals surface area (Å²) < 4.78 is 6.60. The molecule has 1 N–H and O–H groups in total. The molecule has 4 nitrogen and oxygen atoms in total. The van der Waals surface area contributed by atoms with Crippen LogP contribution in [0.3, 0.4) is 0 Å². The summed E-state index contributed by atoms with van der Waals surface area (Å²) in [6.07, 6.45) is 10.6. The van der Waals surface area contributed by atoms with E-state index in [1.807, 2.05) is 0 Å². The second kappa shape index (κ2) is 5.92. The predicted octanol–water partition coefficient (Wildman–Crippen LogP) is 3.01. The van der Waals surface area contributed by atoms with Gasteiger partial charge in [0.05, 0.1) is 26.2 Å². The predicted molar refractivity (Wildman–Crippen MR) is 87.6 cm³/mol. The first-order valence-electron chi connectivity index (χ1n) is 8.35. The summed E-state index contributed by atoms with van der Waals surface area (Å²) in [7, 11) is 4.47. The molecule has 0 spiro atoms. The Morgan fingerprint density at radius 3 is 3.00 bits per heavy atom. The van der Waals surface area contributed by atoms with Crippen molar-refractivity contribution in [3.05, 3.63) is 29.1 Å². The highest BCUT2D eigenvalue weighted by atomic mass is 16.5. The highest BCUT2D eigenvalue weighted by Crippen LogP contribution is 2.26. The zero-order valence-corrected chi connectivity index (χ0v) is 13.9. The van der Waals surface area contributed by atoms with E-state index in [-0.39, 0.29) is 5.97 Å². The molecule has 1 aromatic rings. The Morgan fingerprint density at radius 2 is 2.23 bits per heavy atom. The van der Waals surface area contributed by atoms with E-state index in [0.29, 0.717) is 24.1 Å². The third kappa shape index (κ3) is 2.98. The molecular formula is C18H27N2O2+. The molecule has 1 aromatic heterocycles. The number of esters is 1. The van der Waals surface area contributed by atoms with Crippen LogP contribution in [0.1, 0.15) is 47.8 Å². The van der Waals surface area contributed by atoms with Crippen molar-refractivity contribution < 1.29 is 14.0 Å². The van der Waals surface area contributed by atoms with Crippen LogP contribution in [-0.2, 0) is 11.2 Å². The number of aromatic nitrogens is 1. The second-order valence-electron chi connectivity index (χ2n) is 7.39. The Morgan fingerprint density at radius 1 is 1.41 bits per heavy atom. The van der Waals surface area contributed by atoms with Crippen LogP contribution in [0, 0.1) is 5.92 Å². The van der Waals surface area contributed by atoms with Gasteiger partial charge in [-0.2, -0.15) is 0 Å². The van der Waals surface area contributed by atoms with Gasteiger partial charge in [0.1, 0.15) is 12.6 Å². The van der Waals surface area contributed by atoms with Crippen LogP contribution in [0.25, 0.3) is 6.08 Å². The number of carbonyl (C=O) groups is 1. The molecule has 0 aromatic carbocycles. The topological polar surface area (TPSA) is 42.1 Å². The van der Waals surface area contributed by atoms with Crippen LogP contribution in [0.15, 0.2) is 12.3 Å². The van der Waals surface area contributed by atoms with Crippen molar-refractivity contribution in [2.45, 2.75) is 38.6 Å². The average Bonchev–Trinajstić information content (AvgIpc) is 2.88. The van der Waals surface area contributed by atoms with Gasteiger partial charge in [-0.05, 0) is 25.2 Å². The van der Waals surface area contributed by atoms with Gasteiger partial charge >= 0.3 is 5.97 Å². The number of nitrogens with zero attached hydrogens (tertiary/aromatic N) is 1. The Balaban J connectivity index is 1.65. The minimum atomic E-state index is -0.192. The SMILES string of the molecule is CC1C=Cc2c(C(=O)OCC3CCCC[N+]3(C)C)c[nH]c2C1. The first-order chi connectivity index (χ1) is 10.5. The number of rotatable bonds is 3. The molecule has 1 aliphatic heterocycles. The minimum Gasteiger partial charge on any atom is -0.456 e. The molecule has 4 heteroatoms. The number of quaternary nitrogens is 1. The molecule has 0 amide bonds. The smallest absolute Gasteiger partial charge is 0.340 e. The lowest BCUT2D eigenvalue weighted by Crippen LogP contribution is -2.54. The van der Waals surface area contributed by atoms with Gasteiger partial charge in [-0.15, -0.1) is 0 Å². The maximum atomic E-state index is 12.4. The van der Waals surface area contributed by atoms with E-state index >= 15 is 0 Å². The molecule has 2 unspecified atom stereocenters. The van der Waals surface area contributed by atoms with Gasteiger partial charge in [-0.25, -0.2) is 4.79 Å². The third-order valence-corrected chi connectivity index (χ3v) is 5.26. The number of carbonyl (C=O) groups excluding carboxylic acids is 1. The Bertz CT molecular complexity index is 586. The zero-order valence-electron chi connectivity index (χ0n) is 13.9. The molecule has 1 fully saturated rings. The van der Waals surface area contributed by atoms with Gasteiger partial charge < -0.3 is 14.2 Å². The van der Waals surface area contributed by atoms with Crippen molar-refractivity contribution in [2.24, 2.45) is 5.92 Å². The molecule has 0 radical (unpaired) electrons. The van der Waals surface area contributed by atoms with Crippen LogP contribution < -0.4 is 0 Å². The molecule has 0 bridgehead atoms. The van der Waals surface area contributed by atoms with E-state index in [9.17, 15) is 4.79 Å². The van der Waals surface area contributed by atoms with Crippen LogP contribution in [0.2, 0.25) is 0 Å². The Kier molecular flexibility index (Phi) is 4.13. The van der Waals surface area contributed by atoms with E-state index in [0.717, 1.165) is 28.6 Å². The number of allylic oxidation sites excluding steroid dienone is 1. The molecule has 0 saturated carbocycles. The van der Waals surface area contributed by atoms with Crippen LogP contribution >= 0.6 is 0 Å². The molecule has 2 heterocycles. The summed E-state index contributed by atoms with van der Waals surface area (Å²) in [5.74, 6) is 0.331. The number of nitrogens with one attached hydrogen (secondary N) is 1. The first kappa shape index (κ1) is 15.3. The normalized spacial score (nSPS) is 26.5. The second-order valence-corrected chi connectivity index (χ2v) is 7.39. The lowest BCUT2D eigenvalue weighted by molar-refractivity contribution is -0.920. The van der Waals surface area contributed by atoms with E-state index in [2.05, 4.69) is 38.2 Å². The van der Waals surface area contributed by atoms with Gasteiger partial charge in [0.15, 0.2) is 0 Å². The standard InChI is InChI=1S/C18H26N2O2/c1-13-7-8-15-16(11-19-17(15)10-13)18(21)22-12-14-6-4-5-9-20(14,2)3/h7-8,11,13-14H,4-6,9-10,12H2,1-3H3/p+1. The van der Waals surface area contributed by atoms with Crippen LogP contribution in [0.5, 0.6) is 0 Å². The summed E-state index contributed by atoms with van der Waals surface area (Å²) in [6, 6.07) is 0.419. The molecule has 1 saturated heterocycles. The van der Waals surface area contributed by atoms with Gasteiger partial charge in [-0.3, -0.25) is 0 Å². The lowest BCUT2D eigenvalue weighted by atomic mass is 9.94. The van der Waals surface area contributed by atoms with E-state index in [1.165, 1.54) is 19.4 Å². The third-order valence-electron chi connectivity index (χ3n) is 5.26. The van der Waals surface area contributed by atoms with Gasteiger partial charge in [0, 0.05) is 23.9 Å². The quantitative estimate of drug-likeness (QED) is 0.689. The highest BCUT2D eigenvalue weighted by molar-refractivity contribution is 5.94. The van der Waals surface area contributed by atoms with Crippen molar-refractivity contribution in [1.29, 1.82) is 0 Å². The number of ether oxygens (including phenoxy) is 1. The fraction of sp³-hybridized carbons (Fsp3) is 0.611. The average molecular weight is 303 g/mol. The zero-order chi connectivity index (χ0) is 15.7. The van der Waals surface area contributed by atoms with Crippen molar-refractivity contribution in [1.82, 2.24) is 4.98 Å². The van der Waals surface area contributed by atoms with E-state index < -0.39 is 0 Å². The molecule has 2 atom stereocenters. The Labute approximate surface area is 132 Å². The van der Waals surface area contributed by atoms with Crippen molar-refractivity contribution >= 4 is 12.0 Å². The van der Waals surface area contributed by atoms with Crippen LogP contribution in [-0.4, -0.2) is 48.7 Å². The summed E-state index contributed by atoms with van der Waals surface area (Å²) >= 11 is 0. The fourth-order valence-electron chi connectivity index (χ4n) is 3.62. The van der Waals surface area contributed by atoms with Crippen molar-refractivity contribution in [2.75, 3.05) is 27.2 Å². The fourth-order valence-corrected chi connectivity index (χ4v) is 3.62. The number of hydrogen-bond donors (Lipinski definition) is 1.